The molecule has 3 aromatic carbocycles. The van der Waals surface area contributed by atoms with Crippen LogP contribution in [-0.4, -0.2) is 0 Å². The zero-order chi connectivity index (χ0) is 20.1. The lowest BCUT2D eigenvalue weighted by Crippen LogP contribution is -2.33. The van der Waals surface area contributed by atoms with Crippen LogP contribution in [0.5, 0.6) is 0 Å². The molecule has 0 nitrogen and oxygen atoms in total. The van der Waals surface area contributed by atoms with Crippen molar-refractivity contribution in [1.82, 2.24) is 0 Å². The van der Waals surface area contributed by atoms with Crippen LogP contribution in [0.1, 0.15) is 43.3 Å². The molecule has 0 aromatic heterocycles. The molecule has 0 radical (unpaired) electrons. The monoisotopic (exact) mass is 290 g/mol. The van der Waals surface area contributed by atoms with Gasteiger partial charge in [0.15, 0.2) is 0 Å². The molecule has 0 aliphatic heterocycles. The fourth-order valence-electron chi connectivity index (χ4n) is 3.35. The third kappa shape index (κ3) is 1.99. The normalized spacial score (nSPS) is 22.2. The fraction of sp³-hybridized carbons (Fsp3) is 0.182. The molecule has 3 aromatic rings. The van der Waals surface area contributed by atoms with E-state index in [0.717, 1.165) is 0 Å². The molecule has 4 rings (SSSR count). The smallest absolute Gasteiger partial charge is 0.0622 e. The molecule has 0 fully saturated rings. The largest absolute Gasteiger partial charge is 0.0626 e. The Morgan fingerprint density at radius 2 is 1.41 bits per heavy atom. The summed E-state index contributed by atoms with van der Waals surface area (Å²) in [5.74, 6) is 0. The maximum atomic E-state index is 9.04. The lowest BCUT2D eigenvalue weighted by Gasteiger charge is -2.40. The molecule has 1 aliphatic rings. The number of rotatable bonds is 2. The molecular formula is C22H20. The second-order valence-corrected chi connectivity index (χ2v) is 5.51. The molecule has 0 saturated carbocycles. The van der Waals surface area contributed by atoms with E-state index in [2.05, 4.69) is 0 Å². The van der Waals surface area contributed by atoms with Crippen LogP contribution >= 0.6 is 0 Å². The van der Waals surface area contributed by atoms with Crippen LogP contribution in [0, 0.1) is 0 Å². The maximum Gasteiger partial charge on any atom is 0.0626 e. The standard InChI is InChI=1S/C22H20/c1-3-12-19(13-4-1)22(20-14-5-2-6-15-20)17-9-11-18-10-7-8-16-21(18)22/h1-8,10,12-16H,9,11,17H2/i7D,8D,10D,16D,17D2. The molecular weight excluding hydrogens is 264 g/mol. The third-order valence-electron chi connectivity index (χ3n) is 4.32. The highest BCUT2D eigenvalue weighted by Gasteiger charge is 2.39. The van der Waals surface area contributed by atoms with Crippen molar-refractivity contribution in [2.75, 3.05) is 0 Å². The summed E-state index contributed by atoms with van der Waals surface area (Å²) in [7, 11) is 0. The van der Waals surface area contributed by atoms with Gasteiger partial charge in [0.1, 0.15) is 0 Å². The van der Waals surface area contributed by atoms with Crippen LogP contribution in [0.2, 0.25) is 0 Å². The highest BCUT2D eigenvalue weighted by molar-refractivity contribution is 5.54. The molecule has 0 heteroatoms. The molecule has 0 spiro atoms. The lowest BCUT2D eigenvalue weighted by atomic mass is 9.62. The molecule has 0 heterocycles. The summed E-state index contributed by atoms with van der Waals surface area (Å²) in [5, 5.41) is 0. The molecule has 0 atom stereocenters. The van der Waals surface area contributed by atoms with Crippen LogP contribution in [0.15, 0.2) is 84.8 Å². The van der Waals surface area contributed by atoms with Gasteiger partial charge in [-0.2, -0.15) is 0 Å². The zero-order valence-electron chi connectivity index (χ0n) is 18.2. The van der Waals surface area contributed by atoms with Gasteiger partial charge in [-0.05, 0) is 41.5 Å². The predicted molar refractivity (Wildman–Crippen MR) is 92.1 cm³/mol. The summed E-state index contributed by atoms with van der Waals surface area (Å²) < 4.78 is 51.5. The summed E-state index contributed by atoms with van der Waals surface area (Å²) >= 11 is 0. The SMILES string of the molecule is [2H]c1c([2H])c([2H])c2c(c1[2H])CCC([2H])([2H])C2(c1ccccc1)c1ccccc1. The Balaban J connectivity index is 2.24. The van der Waals surface area contributed by atoms with E-state index in [4.69, 9.17) is 8.22 Å². The van der Waals surface area contributed by atoms with Crippen LogP contribution in [0.25, 0.3) is 0 Å². The predicted octanol–water partition coefficient (Wildman–Crippen LogP) is 5.36. The van der Waals surface area contributed by atoms with Crippen LogP contribution in [0.3, 0.4) is 0 Å². The minimum atomic E-state index is -1.74. The van der Waals surface area contributed by atoms with Crippen molar-refractivity contribution >= 4 is 0 Å². The molecule has 1 aliphatic carbocycles. The number of fused-ring (bicyclic) bond motifs is 1. The molecule has 0 amide bonds. The average molecular weight is 290 g/mol. The first-order valence-corrected chi connectivity index (χ1v) is 7.53. The molecule has 0 N–H and O–H groups in total. The Bertz CT molecular complexity index is 989. The Hall–Kier alpha value is -2.34. The van der Waals surface area contributed by atoms with E-state index in [0.29, 0.717) is 22.3 Å². The second kappa shape index (κ2) is 5.46. The second-order valence-electron chi connectivity index (χ2n) is 5.51. The van der Waals surface area contributed by atoms with E-state index in [1.165, 1.54) is 0 Å². The maximum absolute atomic E-state index is 9.04. The van der Waals surface area contributed by atoms with Gasteiger partial charge in [-0.3, -0.25) is 0 Å². The topological polar surface area (TPSA) is 0 Å². The van der Waals surface area contributed by atoms with Crippen LogP contribution in [-0.2, 0) is 11.8 Å². The van der Waals surface area contributed by atoms with Gasteiger partial charge in [0, 0.05) is 8.16 Å². The van der Waals surface area contributed by atoms with E-state index in [1.807, 2.05) is 60.7 Å². The van der Waals surface area contributed by atoms with Gasteiger partial charge >= 0.3 is 0 Å². The summed E-state index contributed by atoms with van der Waals surface area (Å²) in [4.78, 5) is 0. The van der Waals surface area contributed by atoms with E-state index < -0.39 is 11.8 Å². The fourth-order valence-corrected chi connectivity index (χ4v) is 3.35. The van der Waals surface area contributed by atoms with Gasteiger partial charge < -0.3 is 0 Å². The quantitative estimate of drug-likeness (QED) is 0.596. The lowest BCUT2D eigenvalue weighted by molar-refractivity contribution is 0.497. The number of hydrogen-bond acceptors (Lipinski definition) is 0. The summed E-state index contributed by atoms with van der Waals surface area (Å²) in [5.41, 5.74) is 0.926. The summed E-state index contributed by atoms with van der Waals surface area (Å²) in [6.07, 6.45) is -1.28. The highest BCUT2D eigenvalue weighted by Crippen LogP contribution is 2.47. The molecule has 22 heavy (non-hydrogen) atoms. The first kappa shape index (κ1) is 8.33. The van der Waals surface area contributed by atoms with Crippen molar-refractivity contribution in [2.24, 2.45) is 0 Å². The van der Waals surface area contributed by atoms with E-state index >= 15 is 0 Å². The Kier molecular flexibility index (Phi) is 2.07. The van der Waals surface area contributed by atoms with Crippen molar-refractivity contribution in [2.45, 2.75) is 24.6 Å². The van der Waals surface area contributed by atoms with Crippen molar-refractivity contribution in [1.29, 1.82) is 0 Å². The highest BCUT2D eigenvalue weighted by atomic mass is 14.4. The van der Waals surface area contributed by atoms with Crippen LogP contribution in [0.4, 0.5) is 0 Å². The van der Waals surface area contributed by atoms with Gasteiger partial charge in [0.2, 0.25) is 0 Å². The van der Waals surface area contributed by atoms with E-state index in [-0.39, 0.29) is 37.0 Å². The average Bonchev–Trinajstić information content (AvgIpc) is 2.71. The molecule has 0 saturated heterocycles. The Morgan fingerprint density at radius 1 is 0.818 bits per heavy atom. The Morgan fingerprint density at radius 3 is 2.05 bits per heavy atom. The van der Waals surface area contributed by atoms with Crippen molar-refractivity contribution in [3.63, 3.8) is 0 Å². The minimum Gasteiger partial charge on any atom is -0.0622 e. The summed E-state index contributed by atoms with van der Waals surface area (Å²) in [6, 6.07) is 17.7. The number of benzene rings is 3. The first-order valence-electron chi connectivity index (χ1n) is 10.5. The van der Waals surface area contributed by atoms with Crippen molar-refractivity contribution in [3.8, 4) is 0 Å². The Labute approximate surface area is 140 Å². The van der Waals surface area contributed by atoms with E-state index in [9.17, 15) is 0 Å². The minimum absolute atomic E-state index is 0.0669. The van der Waals surface area contributed by atoms with Gasteiger partial charge in [-0.15, -0.1) is 0 Å². The molecule has 108 valence electrons. The molecule has 0 unspecified atom stereocenters. The van der Waals surface area contributed by atoms with E-state index in [1.54, 1.807) is 0 Å². The summed E-state index contributed by atoms with van der Waals surface area (Å²) in [6.45, 7) is 0. The van der Waals surface area contributed by atoms with Crippen molar-refractivity contribution < 1.29 is 8.22 Å². The van der Waals surface area contributed by atoms with Gasteiger partial charge in [0.05, 0.1) is 5.48 Å². The van der Waals surface area contributed by atoms with Gasteiger partial charge in [-0.1, -0.05) is 84.8 Å². The van der Waals surface area contributed by atoms with Gasteiger partial charge in [0.25, 0.3) is 0 Å². The zero-order valence-corrected chi connectivity index (χ0v) is 12.2. The first-order chi connectivity index (χ1) is 13.3. The van der Waals surface area contributed by atoms with Gasteiger partial charge in [-0.25, -0.2) is 0 Å². The van der Waals surface area contributed by atoms with Crippen LogP contribution < -0.4 is 0 Å². The number of hydrogen-bond donors (Lipinski definition) is 0. The third-order valence-corrected chi connectivity index (χ3v) is 4.32. The molecule has 0 bridgehead atoms. The van der Waals surface area contributed by atoms with Crippen molar-refractivity contribution in [3.05, 3.63) is 107 Å².